The molecule has 10 nitrogen and oxygen atoms in total. The molecule has 3 aliphatic heterocycles. The molecule has 1 aromatic heterocycles. The van der Waals surface area contributed by atoms with Crippen LogP contribution in [0.4, 0.5) is 37.7 Å². The van der Waals surface area contributed by atoms with E-state index < -0.39 is 45.4 Å². The molecular weight excluding hydrogens is 608 g/mol. The first-order valence-corrected chi connectivity index (χ1v) is 13.6. The first-order valence-electron chi connectivity index (χ1n) is 11.6. The van der Waals surface area contributed by atoms with Crippen molar-refractivity contribution in [3.8, 4) is 11.1 Å². The van der Waals surface area contributed by atoms with Crippen LogP contribution in [0.25, 0.3) is 11.1 Å². The number of nitrogens with one attached hydrogen (secondary N) is 1. The van der Waals surface area contributed by atoms with Gasteiger partial charge in [0.2, 0.25) is 10.0 Å². The van der Waals surface area contributed by atoms with Crippen molar-refractivity contribution in [1.29, 1.82) is 0 Å². The topological polar surface area (TPSA) is 132 Å². The first kappa shape index (κ1) is 30.4. The van der Waals surface area contributed by atoms with Crippen molar-refractivity contribution in [2.24, 2.45) is 10.5 Å². The molecule has 1 fully saturated rings. The third-order valence-electron chi connectivity index (χ3n) is 6.96. The Morgan fingerprint density at radius 1 is 1.12 bits per heavy atom. The smallest absolute Gasteiger partial charge is 0.475 e. The molecule has 1 saturated heterocycles. The van der Waals surface area contributed by atoms with Gasteiger partial charge in [0.15, 0.2) is 5.71 Å². The van der Waals surface area contributed by atoms with Gasteiger partial charge in [0, 0.05) is 38.1 Å². The fourth-order valence-corrected chi connectivity index (χ4v) is 6.49. The average Bonchev–Trinajstić information content (AvgIpc) is 3.31. The van der Waals surface area contributed by atoms with Crippen LogP contribution < -0.4 is 14.6 Å². The summed E-state index contributed by atoms with van der Waals surface area (Å²) in [6.45, 7) is 0.280. The van der Waals surface area contributed by atoms with Gasteiger partial charge in [-0.3, -0.25) is 14.1 Å². The molecule has 1 aromatic carbocycles. The Morgan fingerprint density at radius 3 is 2.29 bits per heavy atom. The monoisotopic (exact) mass is 627 g/mol. The zero-order chi connectivity index (χ0) is 30.5. The molecule has 18 heteroatoms. The summed E-state index contributed by atoms with van der Waals surface area (Å²) in [4.78, 5) is 27.3. The second kappa shape index (κ2) is 10.3. The number of benzene rings is 1. The molecule has 0 saturated carbocycles. The Hall–Kier alpha value is -3.60. The summed E-state index contributed by atoms with van der Waals surface area (Å²) in [5.41, 5.74) is 2.29. The number of carboxylic acid groups (broad SMARTS) is 1. The van der Waals surface area contributed by atoms with Crippen molar-refractivity contribution in [1.82, 2.24) is 10.4 Å². The number of rotatable bonds is 2. The van der Waals surface area contributed by atoms with Gasteiger partial charge in [-0.15, -0.1) is 0 Å². The largest absolute Gasteiger partial charge is 0.490 e. The number of aliphatic carboxylic acids is 1. The van der Waals surface area contributed by atoms with E-state index in [2.05, 4.69) is 10.1 Å². The summed E-state index contributed by atoms with van der Waals surface area (Å²) < 4.78 is 98.0. The fraction of sp³-hybridized carbons (Fsp3) is 0.391. The number of hydrazone groups is 1. The number of anilines is 2. The van der Waals surface area contributed by atoms with Crippen LogP contribution in [-0.2, 0) is 25.4 Å². The number of alkyl halides is 6. The highest BCUT2D eigenvalue weighted by Gasteiger charge is 2.59. The second-order valence-electron chi connectivity index (χ2n) is 9.36. The van der Waals surface area contributed by atoms with Crippen molar-refractivity contribution < 1.29 is 49.5 Å². The Kier molecular flexibility index (Phi) is 7.66. The highest BCUT2D eigenvalue weighted by molar-refractivity contribution is 7.92. The van der Waals surface area contributed by atoms with E-state index in [9.17, 15) is 39.6 Å². The highest BCUT2D eigenvalue weighted by atomic mass is 35.5. The van der Waals surface area contributed by atoms with Crippen molar-refractivity contribution in [3.05, 3.63) is 41.2 Å². The molecule has 5 rings (SSSR count). The number of sulfonamides is 1. The van der Waals surface area contributed by atoms with Gasteiger partial charge in [-0.25, -0.2) is 18.6 Å². The van der Waals surface area contributed by atoms with Gasteiger partial charge in [0.05, 0.1) is 22.2 Å². The number of nitrogens with zero attached hydrogens (tertiary/aromatic N) is 4. The lowest BCUT2D eigenvalue weighted by atomic mass is 9.74. The summed E-state index contributed by atoms with van der Waals surface area (Å²) in [5, 5.41) is 10.7. The third-order valence-corrected chi connectivity index (χ3v) is 8.94. The highest BCUT2D eigenvalue weighted by Crippen LogP contribution is 2.46. The number of carbonyl (C=O) groups is 2. The Bertz CT molecular complexity index is 1540. The summed E-state index contributed by atoms with van der Waals surface area (Å²) in [5.74, 6) is -3.63. The number of carboxylic acids is 1. The molecular formula is C23H20ClF6N5O5S. The predicted molar refractivity (Wildman–Crippen MR) is 135 cm³/mol. The maximum Gasteiger partial charge on any atom is 0.490 e. The molecule has 0 bridgehead atoms. The van der Waals surface area contributed by atoms with Crippen LogP contribution in [-0.4, -0.2) is 68.6 Å². The first-order chi connectivity index (χ1) is 18.9. The van der Waals surface area contributed by atoms with Crippen LogP contribution in [0.2, 0.25) is 5.02 Å². The van der Waals surface area contributed by atoms with E-state index in [0.29, 0.717) is 33.1 Å². The number of piperidine rings is 1. The summed E-state index contributed by atoms with van der Waals surface area (Å²) >= 11 is 6.49. The van der Waals surface area contributed by atoms with E-state index in [0.717, 1.165) is 0 Å². The molecule has 0 radical (unpaired) electrons. The number of hydrogen-bond acceptors (Lipinski definition) is 7. The van der Waals surface area contributed by atoms with Gasteiger partial charge in [0.1, 0.15) is 5.41 Å². The Morgan fingerprint density at radius 2 is 1.73 bits per heavy atom. The molecule has 0 aliphatic carbocycles. The molecule has 1 amide bonds. The van der Waals surface area contributed by atoms with E-state index in [1.807, 2.05) is 10.3 Å². The van der Waals surface area contributed by atoms with Crippen LogP contribution in [0.5, 0.6) is 0 Å². The normalized spacial score (nSPS) is 19.3. The van der Waals surface area contributed by atoms with E-state index in [1.165, 1.54) is 17.5 Å². The van der Waals surface area contributed by atoms with Crippen molar-refractivity contribution in [3.63, 3.8) is 0 Å². The number of aromatic nitrogens is 1. The van der Waals surface area contributed by atoms with Crippen molar-refractivity contribution >= 4 is 50.6 Å². The number of fused-ring (bicyclic) bond motifs is 1. The number of halogens is 7. The maximum absolute atomic E-state index is 13.5. The van der Waals surface area contributed by atoms with Crippen molar-refractivity contribution in [2.75, 3.05) is 29.3 Å². The standard InChI is InChI=1S/C21H19ClF3N5O3S.C2HF3O2/c1-29-16-3-2-12(8-13(16)11-34(29,32)33)14-9-26-10-15(22)17(14)30-6-4-20(5-7-30)18(21(23,24)25)27-28-19(20)31;3-2(4,5)1(6)7/h2-3,8-10H,4-7,11H2,1H3,(H,28,31);(H,6,7). The zero-order valence-electron chi connectivity index (χ0n) is 20.8. The molecule has 2 N–H and O–H groups in total. The Labute approximate surface area is 233 Å². The van der Waals surface area contributed by atoms with Crippen LogP contribution in [0.15, 0.2) is 35.7 Å². The number of amides is 1. The molecule has 1 spiro atoms. The Balaban J connectivity index is 0.000000493. The fourth-order valence-electron chi connectivity index (χ4n) is 4.92. The number of pyridine rings is 1. The average molecular weight is 628 g/mol. The summed E-state index contributed by atoms with van der Waals surface area (Å²) in [6.07, 6.45) is -6.92. The van der Waals surface area contributed by atoms with E-state index >= 15 is 0 Å². The SMILES string of the molecule is CN1c2ccc(-c3cncc(Cl)c3N3CCC4(CC3)C(=O)NN=C4C(F)(F)F)cc2CS1(=O)=O.O=C(O)C(F)(F)F. The third kappa shape index (κ3) is 5.64. The van der Waals surface area contributed by atoms with Crippen molar-refractivity contribution in [2.45, 2.75) is 30.9 Å². The van der Waals surface area contributed by atoms with Gasteiger partial charge in [-0.05, 0) is 36.1 Å². The number of carbonyl (C=O) groups excluding carboxylic acids is 1. The molecule has 0 unspecified atom stereocenters. The molecule has 3 aliphatic rings. The lowest BCUT2D eigenvalue weighted by Crippen LogP contribution is -2.51. The van der Waals surface area contributed by atoms with E-state index in [4.69, 9.17) is 21.5 Å². The molecule has 4 heterocycles. The minimum atomic E-state index is -5.08. The maximum atomic E-state index is 13.5. The van der Waals surface area contributed by atoms with Crippen LogP contribution in [0, 0.1) is 5.41 Å². The lowest BCUT2D eigenvalue weighted by Gasteiger charge is -2.40. The molecule has 0 atom stereocenters. The zero-order valence-corrected chi connectivity index (χ0v) is 22.4. The van der Waals surface area contributed by atoms with Gasteiger partial charge in [-0.2, -0.15) is 31.4 Å². The predicted octanol–water partition coefficient (Wildman–Crippen LogP) is 3.95. The molecule has 222 valence electrons. The molecule has 2 aromatic rings. The molecule has 41 heavy (non-hydrogen) atoms. The lowest BCUT2D eigenvalue weighted by molar-refractivity contribution is -0.192. The minimum absolute atomic E-state index is 0.0809. The summed E-state index contributed by atoms with van der Waals surface area (Å²) in [6, 6.07) is 5.23. The van der Waals surface area contributed by atoms with Gasteiger partial charge in [-0.1, -0.05) is 17.7 Å². The van der Waals surface area contributed by atoms with Gasteiger partial charge >= 0.3 is 18.3 Å². The quantitative estimate of drug-likeness (QED) is 0.482. The summed E-state index contributed by atoms with van der Waals surface area (Å²) in [7, 11) is -1.92. The van der Waals surface area contributed by atoms with Gasteiger partial charge < -0.3 is 10.0 Å². The minimum Gasteiger partial charge on any atom is -0.475 e. The van der Waals surface area contributed by atoms with Crippen LogP contribution in [0.1, 0.15) is 18.4 Å². The van der Waals surface area contributed by atoms with E-state index in [-0.39, 0.29) is 31.7 Å². The van der Waals surface area contributed by atoms with E-state index in [1.54, 1.807) is 24.4 Å². The number of hydrogen-bond donors (Lipinski definition) is 2. The van der Waals surface area contributed by atoms with Gasteiger partial charge in [0.25, 0.3) is 5.91 Å². The van der Waals surface area contributed by atoms with Crippen LogP contribution >= 0.6 is 11.6 Å². The second-order valence-corrected chi connectivity index (χ2v) is 11.8. The van der Waals surface area contributed by atoms with Crippen LogP contribution in [0.3, 0.4) is 0 Å².